The van der Waals surface area contributed by atoms with Crippen molar-refractivity contribution in [1.82, 2.24) is 15.1 Å². The number of amides is 1. The molecule has 1 amide bonds. The highest BCUT2D eigenvalue weighted by Gasteiger charge is 2.36. The fraction of sp³-hybridized carbons (Fsp3) is 0.211. The largest absolute Gasteiger partial charge is 0.480 e. The van der Waals surface area contributed by atoms with E-state index in [0.717, 1.165) is 0 Å². The lowest BCUT2D eigenvalue weighted by atomic mass is 9.92. The quantitative estimate of drug-likeness (QED) is 0.634. The molecule has 0 spiro atoms. The molecule has 0 aliphatic heterocycles. The molecule has 3 aromatic rings. The van der Waals surface area contributed by atoms with Crippen LogP contribution in [0.3, 0.4) is 0 Å². The molecule has 6 nitrogen and oxygen atoms in total. The Morgan fingerprint density at radius 3 is 2.54 bits per heavy atom. The zero-order valence-corrected chi connectivity index (χ0v) is 16.6. The van der Waals surface area contributed by atoms with Crippen LogP contribution in [0.2, 0.25) is 4.34 Å². The van der Waals surface area contributed by atoms with E-state index >= 15 is 0 Å². The molecule has 0 bridgehead atoms. The van der Waals surface area contributed by atoms with Gasteiger partial charge in [-0.25, -0.2) is 9.18 Å². The summed E-state index contributed by atoms with van der Waals surface area (Å²) < 4.78 is 15.2. The minimum Gasteiger partial charge on any atom is -0.480 e. The van der Waals surface area contributed by atoms with E-state index in [4.69, 9.17) is 11.6 Å². The third-order valence-electron chi connectivity index (χ3n) is 4.21. The molecule has 2 N–H and O–H groups in total. The smallest absolute Gasteiger partial charge is 0.329 e. The van der Waals surface area contributed by atoms with Crippen LogP contribution in [0.15, 0.2) is 42.6 Å². The number of carbonyl (C=O) groups is 2. The van der Waals surface area contributed by atoms with Gasteiger partial charge in [-0.2, -0.15) is 5.10 Å². The lowest BCUT2D eigenvalue weighted by Crippen LogP contribution is -2.53. The fourth-order valence-electron chi connectivity index (χ4n) is 2.78. The van der Waals surface area contributed by atoms with Gasteiger partial charge in [0.15, 0.2) is 0 Å². The highest BCUT2D eigenvalue weighted by molar-refractivity contribution is 7.19. The Hall–Kier alpha value is -2.71. The first-order chi connectivity index (χ1) is 13.2. The van der Waals surface area contributed by atoms with E-state index < -0.39 is 23.2 Å². The molecule has 28 heavy (non-hydrogen) atoms. The van der Waals surface area contributed by atoms with Crippen LogP contribution in [-0.4, -0.2) is 32.3 Å². The molecule has 0 aliphatic rings. The van der Waals surface area contributed by atoms with Crippen LogP contribution in [0, 0.1) is 5.82 Å². The third kappa shape index (κ3) is 4.23. The second-order valence-electron chi connectivity index (χ2n) is 6.56. The molecule has 2 heterocycles. The summed E-state index contributed by atoms with van der Waals surface area (Å²) in [6.07, 6.45) is 1.52. The maximum absolute atomic E-state index is 13.1. The molecular weight excluding hydrogens is 405 g/mol. The van der Waals surface area contributed by atoms with Crippen molar-refractivity contribution in [3.63, 3.8) is 0 Å². The number of hydrogen-bond acceptors (Lipinski definition) is 4. The first kappa shape index (κ1) is 20.0. The van der Waals surface area contributed by atoms with E-state index in [0.29, 0.717) is 20.5 Å². The van der Waals surface area contributed by atoms with Crippen LogP contribution in [0.5, 0.6) is 0 Å². The average Bonchev–Trinajstić information content (AvgIpc) is 3.22. The van der Waals surface area contributed by atoms with Gasteiger partial charge in [0.2, 0.25) is 0 Å². The van der Waals surface area contributed by atoms with Gasteiger partial charge in [-0.3, -0.25) is 9.48 Å². The molecule has 146 valence electrons. The Kier molecular flexibility index (Phi) is 5.53. The molecule has 1 unspecified atom stereocenters. The van der Waals surface area contributed by atoms with Crippen molar-refractivity contribution in [1.29, 1.82) is 0 Å². The molecule has 0 aliphatic carbocycles. The average molecular weight is 422 g/mol. The van der Waals surface area contributed by atoms with E-state index in [9.17, 15) is 19.1 Å². The third-order valence-corrected chi connectivity index (χ3v) is 5.45. The highest BCUT2D eigenvalue weighted by atomic mass is 35.5. The predicted molar refractivity (Wildman–Crippen MR) is 105 cm³/mol. The van der Waals surface area contributed by atoms with Gasteiger partial charge in [0.05, 0.1) is 14.8 Å². The van der Waals surface area contributed by atoms with Crippen molar-refractivity contribution in [3.05, 3.63) is 63.9 Å². The van der Waals surface area contributed by atoms with Crippen molar-refractivity contribution in [2.75, 3.05) is 0 Å². The first-order valence-corrected chi connectivity index (χ1v) is 9.47. The standard InChI is InChI=1S/C19H17ClFN3O3S/c1-19(18(26)27,9-11-3-5-12(21)6-4-11)22-17(25)13-10-24(2)23-16(13)14-7-8-15(20)28-14/h3-8,10H,9H2,1-2H3,(H,22,25)(H,26,27). The molecule has 0 fully saturated rings. The fourth-order valence-corrected chi connectivity index (χ4v) is 3.82. The van der Waals surface area contributed by atoms with Gasteiger partial charge in [-0.05, 0) is 36.8 Å². The molecule has 9 heteroatoms. The summed E-state index contributed by atoms with van der Waals surface area (Å²) >= 11 is 7.25. The minimum absolute atomic E-state index is 0.00518. The number of carbonyl (C=O) groups excluding carboxylic acids is 1. The number of halogens is 2. The van der Waals surface area contributed by atoms with E-state index in [2.05, 4.69) is 10.4 Å². The van der Waals surface area contributed by atoms with Crippen LogP contribution in [0.25, 0.3) is 10.6 Å². The number of nitrogens with zero attached hydrogens (tertiary/aromatic N) is 2. The van der Waals surface area contributed by atoms with Crippen molar-refractivity contribution in [3.8, 4) is 10.6 Å². The van der Waals surface area contributed by atoms with Gasteiger partial charge in [0.25, 0.3) is 5.91 Å². The Labute approximate surface area is 169 Å². The van der Waals surface area contributed by atoms with Gasteiger partial charge in [-0.15, -0.1) is 11.3 Å². The van der Waals surface area contributed by atoms with Crippen LogP contribution in [0.4, 0.5) is 4.39 Å². The summed E-state index contributed by atoms with van der Waals surface area (Å²) in [6.45, 7) is 1.41. The topological polar surface area (TPSA) is 84.2 Å². The molecular formula is C19H17ClFN3O3S. The van der Waals surface area contributed by atoms with Crippen LogP contribution in [0.1, 0.15) is 22.8 Å². The second-order valence-corrected chi connectivity index (χ2v) is 8.28. The van der Waals surface area contributed by atoms with E-state index in [-0.39, 0.29) is 12.0 Å². The molecule has 1 atom stereocenters. The van der Waals surface area contributed by atoms with Crippen LogP contribution < -0.4 is 5.32 Å². The number of hydrogen-bond donors (Lipinski definition) is 2. The summed E-state index contributed by atoms with van der Waals surface area (Å²) in [5.41, 5.74) is -0.336. The molecule has 2 aromatic heterocycles. The number of aromatic nitrogens is 2. The predicted octanol–water partition coefficient (Wildman–Crippen LogP) is 3.76. The van der Waals surface area contributed by atoms with E-state index in [1.54, 1.807) is 19.2 Å². The van der Waals surface area contributed by atoms with Crippen LogP contribution >= 0.6 is 22.9 Å². The van der Waals surface area contributed by atoms with Crippen molar-refractivity contribution < 1.29 is 19.1 Å². The summed E-state index contributed by atoms with van der Waals surface area (Å²) in [5, 5.41) is 16.6. The Morgan fingerprint density at radius 1 is 1.29 bits per heavy atom. The maximum atomic E-state index is 13.1. The Bertz CT molecular complexity index is 1030. The van der Waals surface area contributed by atoms with Crippen molar-refractivity contribution in [2.45, 2.75) is 18.9 Å². The monoisotopic (exact) mass is 421 g/mol. The number of carboxylic acid groups (broad SMARTS) is 1. The highest BCUT2D eigenvalue weighted by Crippen LogP contribution is 2.32. The maximum Gasteiger partial charge on any atom is 0.329 e. The molecule has 0 radical (unpaired) electrons. The van der Waals surface area contributed by atoms with Gasteiger partial charge in [0, 0.05) is 19.7 Å². The Balaban J connectivity index is 1.89. The van der Waals surface area contributed by atoms with Crippen LogP contribution in [-0.2, 0) is 18.3 Å². The number of aryl methyl sites for hydroxylation is 1. The number of nitrogens with one attached hydrogen (secondary N) is 1. The summed E-state index contributed by atoms with van der Waals surface area (Å²) in [7, 11) is 1.67. The lowest BCUT2D eigenvalue weighted by molar-refractivity contribution is -0.143. The number of thiophene rings is 1. The lowest BCUT2D eigenvalue weighted by Gasteiger charge is -2.26. The Morgan fingerprint density at radius 2 is 1.96 bits per heavy atom. The number of carboxylic acids is 1. The van der Waals surface area contributed by atoms with E-state index in [1.165, 1.54) is 53.4 Å². The van der Waals surface area contributed by atoms with Gasteiger partial charge >= 0.3 is 5.97 Å². The SMILES string of the molecule is Cn1cc(C(=O)NC(C)(Cc2ccc(F)cc2)C(=O)O)c(-c2ccc(Cl)s2)n1. The van der Waals surface area contributed by atoms with Gasteiger partial charge < -0.3 is 10.4 Å². The first-order valence-electron chi connectivity index (χ1n) is 8.27. The molecule has 0 saturated heterocycles. The second kappa shape index (κ2) is 7.73. The number of aliphatic carboxylic acids is 1. The minimum atomic E-state index is -1.59. The zero-order chi connectivity index (χ0) is 20.5. The summed E-state index contributed by atoms with van der Waals surface area (Å²) in [6, 6.07) is 8.94. The normalized spacial score (nSPS) is 13.1. The zero-order valence-electron chi connectivity index (χ0n) is 15.1. The van der Waals surface area contributed by atoms with Gasteiger partial charge in [0.1, 0.15) is 17.1 Å². The molecule has 3 rings (SSSR count). The summed E-state index contributed by atoms with van der Waals surface area (Å²) in [4.78, 5) is 25.5. The molecule has 0 saturated carbocycles. The number of benzene rings is 1. The van der Waals surface area contributed by atoms with Crippen molar-refractivity contribution in [2.24, 2.45) is 7.05 Å². The molecule has 1 aromatic carbocycles. The van der Waals surface area contributed by atoms with Crippen molar-refractivity contribution >= 4 is 34.8 Å². The van der Waals surface area contributed by atoms with Gasteiger partial charge in [-0.1, -0.05) is 23.7 Å². The number of rotatable bonds is 6. The summed E-state index contributed by atoms with van der Waals surface area (Å²) in [5.74, 6) is -2.19. The van der Waals surface area contributed by atoms with E-state index in [1.807, 2.05) is 0 Å².